The summed E-state index contributed by atoms with van der Waals surface area (Å²) in [7, 11) is 5.43. The van der Waals surface area contributed by atoms with E-state index in [1.165, 1.54) is 0 Å². The largest absolute Gasteiger partial charge is 0.476 e. The minimum Gasteiger partial charge on any atom is -0.476 e. The Balaban J connectivity index is 1.71. The Hall–Kier alpha value is -3.88. The molecule has 9 heteroatoms. The monoisotopic (exact) mass is 431 g/mol. The van der Waals surface area contributed by atoms with Crippen LogP contribution in [0.25, 0.3) is 28.8 Å². The maximum Gasteiger partial charge on any atom is 0.272 e. The number of hydrogen-bond acceptors (Lipinski definition) is 5. The van der Waals surface area contributed by atoms with Gasteiger partial charge in [0.1, 0.15) is 18.1 Å². The lowest BCUT2D eigenvalue weighted by molar-refractivity contribution is 0.0760. The first-order valence-corrected chi connectivity index (χ1v) is 10.6. The van der Waals surface area contributed by atoms with Crippen molar-refractivity contribution in [2.24, 2.45) is 14.1 Å². The Kier molecular flexibility index (Phi) is 4.80. The Morgan fingerprint density at radius 1 is 1.09 bits per heavy atom. The molecule has 4 aromatic heterocycles. The van der Waals surface area contributed by atoms with E-state index in [0.717, 1.165) is 40.1 Å². The molecular weight excluding hydrogens is 406 g/mol. The summed E-state index contributed by atoms with van der Waals surface area (Å²) in [5, 5.41) is 8.96. The fraction of sp³-hybridized carbons (Fsp3) is 0.304. The lowest BCUT2D eigenvalue weighted by atomic mass is 10.1. The molecule has 0 aromatic carbocycles. The number of aromatic nitrogens is 6. The molecule has 1 aliphatic rings. The Morgan fingerprint density at radius 2 is 1.94 bits per heavy atom. The van der Waals surface area contributed by atoms with E-state index in [9.17, 15) is 4.79 Å². The highest BCUT2D eigenvalue weighted by Crippen LogP contribution is 2.30. The van der Waals surface area contributed by atoms with Gasteiger partial charge in [0.05, 0.1) is 35.7 Å². The van der Waals surface area contributed by atoms with Crippen LogP contribution in [0.5, 0.6) is 5.88 Å². The molecule has 4 aromatic rings. The van der Waals surface area contributed by atoms with E-state index in [1.54, 1.807) is 34.6 Å². The van der Waals surface area contributed by atoms with Crippen molar-refractivity contribution in [2.45, 2.75) is 13.3 Å². The van der Waals surface area contributed by atoms with Crippen molar-refractivity contribution in [1.29, 1.82) is 0 Å². The summed E-state index contributed by atoms with van der Waals surface area (Å²) < 4.78 is 11.5. The van der Waals surface area contributed by atoms with Gasteiger partial charge < -0.3 is 9.64 Å². The van der Waals surface area contributed by atoms with Gasteiger partial charge in [-0.1, -0.05) is 13.0 Å². The number of carbonyl (C=O) groups excluding carboxylic acids is 1. The quantitative estimate of drug-likeness (QED) is 0.463. The molecule has 32 heavy (non-hydrogen) atoms. The standard InChI is InChI=1S/C23H25N7O2/c1-5-19-17-8-9-20-24-12-16-7-6-15(14-30(16)20)18-13-25-29(4)23(18)32-11-10-27(2)22(31)21(17)28(3)26-19/h6-9,12-14H,5,10-11H2,1-4H3/b9-8+. The van der Waals surface area contributed by atoms with Crippen LogP contribution >= 0.6 is 0 Å². The fourth-order valence-corrected chi connectivity index (χ4v) is 4.09. The smallest absolute Gasteiger partial charge is 0.272 e. The van der Waals surface area contributed by atoms with E-state index >= 15 is 0 Å². The molecule has 0 aliphatic carbocycles. The van der Waals surface area contributed by atoms with E-state index in [-0.39, 0.29) is 5.91 Å². The molecule has 2 bridgehead atoms. The molecule has 9 nitrogen and oxygen atoms in total. The van der Waals surface area contributed by atoms with Crippen molar-refractivity contribution in [3.63, 3.8) is 0 Å². The predicted molar refractivity (Wildman–Crippen MR) is 121 cm³/mol. The van der Waals surface area contributed by atoms with Gasteiger partial charge in [0, 0.05) is 38.5 Å². The second kappa shape index (κ2) is 7.67. The third-order valence-corrected chi connectivity index (χ3v) is 5.86. The van der Waals surface area contributed by atoms with Crippen LogP contribution in [0.1, 0.15) is 34.5 Å². The van der Waals surface area contributed by atoms with Crippen molar-refractivity contribution in [2.75, 3.05) is 20.2 Å². The van der Waals surface area contributed by atoms with Crippen LogP contribution in [-0.4, -0.2) is 60.0 Å². The molecule has 0 atom stereocenters. The Morgan fingerprint density at radius 3 is 2.75 bits per heavy atom. The number of imidazole rings is 1. The van der Waals surface area contributed by atoms with Gasteiger partial charge in [-0.2, -0.15) is 10.2 Å². The van der Waals surface area contributed by atoms with Crippen LogP contribution in [-0.2, 0) is 20.5 Å². The molecule has 164 valence electrons. The second-order valence-electron chi connectivity index (χ2n) is 7.91. The van der Waals surface area contributed by atoms with Gasteiger partial charge in [0.2, 0.25) is 5.88 Å². The van der Waals surface area contributed by atoms with Crippen molar-refractivity contribution < 1.29 is 9.53 Å². The van der Waals surface area contributed by atoms with Gasteiger partial charge in [-0.05, 0) is 24.6 Å². The minimum atomic E-state index is -0.100. The highest BCUT2D eigenvalue weighted by Gasteiger charge is 2.23. The third-order valence-electron chi connectivity index (χ3n) is 5.86. The first-order valence-electron chi connectivity index (χ1n) is 10.6. The fourth-order valence-electron chi connectivity index (χ4n) is 4.09. The zero-order valence-electron chi connectivity index (χ0n) is 18.6. The lowest BCUT2D eigenvalue weighted by Crippen LogP contribution is -2.32. The van der Waals surface area contributed by atoms with Crippen molar-refractivity contribution in [1.82, 2.24) is 33.8 Å². The summed E-state index contributed by atoms with van der Waals surface area (Å²) in [4.78, 5) is 19.6. The molecule has 1 amide bonds. The molecular formula is C23H25N7O2. The van der Waals surface area contributed by atoms with Crippen molar-refractivity contribution in [3.05, 3.63) is 53.5 Å². The maximum absolute atomic E-state index is 13.3. The number of likely N-dealkylation sites (N-methyl/N-ethyl adjacent to an activating group) is 1. The van der Waals surface area contributed by atoms with Gasteiger partial charge in [-0.25, -0.2) is 9.67 Å². The summed E-state index contributed by atoms with van der Waals surface area (Å²) >= 11 is 0. The van der Waals surface area contributed by atoms with E-state index in [4.69, 9.17) is 4.74 Å². The molecule has 5 rings (SSSR count). The van der Waals surface area contributed by atoms with Gasteiger partial charge in [-0.15, -0.1) is 0 Å². The number of rotatable bonds is 1. The van der Waals surface area contributed by atoms with Crippen LogP contribution in [0.15, 0.2) is 30.7 Å². The van der Waals surface area contributed by atoms with Crippen molar-refractivity contribution >= 4 is 23.6 Å². The third kappa shape index (κ3) is 3.17. The average molecular weight is 432 g/mol. The van der Waals surface area contributed by atoms with Crippen LogP contribution in [0, 0.1) is 0 Å². The summed E-state index contributed by atoms with van der Waals surface area (Å²) in [6.45, 7) is 2.81. The number of aryl methyl sites for hydroxylation is 3. The normalized spacial score (nSPS) is 15.2. The predicted octanol–water partition coefficient (Wildman–Crippen LogP) is 2.67. The number of ether oxygens (including phenoxy) is 1. The summed E-state index contributed by atoms with van der Waals surface area (Å²) in [6.07, 6.45) is 10.3. The Bertz CT molecular complexity index is 1360. The zero-order valence-corrected chi connectivity index (χ0v) is 18.6. The summed E-state index contributed by atoms with van der Waals surface area (Å²) in [6, 6.07) is 4.06. The summed E-state index contributed by atoms with van der Waals surface area (Å²) in [5.74, 6) is 1.32. The molecule has 1 aliphatic heterocycles. The Labute approximate surface area is 185 Å². The van der Waals surface area contributed by atoms with E-state index in [0.29, 0.717) is 24.7 Å². The number of amides is 1. The van der Waals surface area contributed by atoms with Gasteiger partial charge >= 0.3 is 0 Å². The molecule has 5 heterocycles. The molecule has 0 saturated carbocycles. The van der Waals surface area contributed by atoms with Crippen molar-refractivity contribution in [3.8, 4) is 17.0 Å². The highest BCUT2D eigenvalue weighted by atomic mass is 16.5. The van der Waals surface area contributed by atoms with E-state index < -0.39 is 0 Å². The highest BCUT2D eigenvalue weighted by molar-refractivity contribution is 5.97. The number of fused-ring (bicyclic) bond motifs is 4. The van der Waals surface area contributed by atoms with Crippen LogP contribution in [0.4, 0.5) is 0 Å². The minimum absolute atomic E-state index is 0.100. The molecule has 0 N–H and O–H groups in total. The lowest BCUT2D eigenvalue weighted by Gasteiger charge is -2.18. The first kappa shape index (κ1) is 20.0. The molecule has 0 radical (unpaired) electrons. The van der Waals surface area contributed by atoms with Gasteiger partial charge in [0.15, 0.2) is 0 Å². The maximum atomic E-state index is 13.3. The first-order chi connectivity index (χ1) is 15.5. The molecule has 0 saturated heterocycles. The zero-order chi connectivity index (χ0) is 22.4. The van der Waals surface area contributed by atoms with E-state index in [1.807, 2.05) is 55.1 Å². The van der Waals surface area contributed by atoms with Crippen LogP contribution < -0.4 is 4.74 Å². The number of carbonyl (C=O) groups is 1. The van der Waals surface area contributed by atoms with E-state index in [2.05, 4.69) is 15.2 Å². The van der Waals surface area contributed by atoms with Gasteiger partial charge in [0.25, 0.3) is 5.91 Å². The molecule has 0 fully saturated rings. The number of hydrogen-bond donors (Lipinski definition) is 0. The van der Waals surface area contributed by atoms with Crippen LogP contribution in [0.2, 0.25) is 0 Å². The SMILES string of the molecule is CCc1nn(C)c2c1/C=C/c1ncc3ccc(cn13)-c1cnn(C)c1OCCN(C)C2=O. The van der Waals surface area contributed by atoms with Crippen LogP contribution in [0.3, 0.4) is 0 Å². The number of pyridine rings is 1. The molecule has 0 spiro atoms. The topological polar surface area (TPSA) is 82.5 Å². The number of nitrogens with zero attached hydrogens (tertiary/aromatic N) is 7. The average Bonchev–Trinajstić information content (AvgIpc) is 3.45. The molecule has 0 unspecified atom stereocenters. The summed E-state index contributed by atoms with van der Waals surface area (Å²) in [5.41, 5.74) is 5.09. The van der Waals surface area contributed by atoms with Gasteiger partial charge in [-0.3, -0.25) is 13.9 Å². The second-order valence-corrected chi connectivity index (χ2v) is 7.91.